The van der Waals surface area contributed by atoms with Crippen molar-refractivity contribution in [2.75, 3.05) is 0 Å². The van der Waals surface area contributed by atoms with E-state index >= 15 is 0 Å². The number of carbonyl (C=O) groups excluding carboxylic acids is 1. The Balaban J connectivity index is 0.000000411. The highest BCUT2D eigenvalue weighted by Crippen LogP contribution is 2.01. The summed E-state index contributed by atoms with van der Waals surface area (Å²) in [7, 11) is 0. The second-order valence-electron chi connectivity index (χ2n) is 4.26. The molecule has 1 aromatic heterocycles. The number of aliphatic hydroxyl groups excluding tert-OH is 1. The van der Waals surface area contributed by atoms with E-state index in [0.29, 0.717) is 0 Å². The number of nitrogens with one attached hydrogen (secondary N) is 1. The van der Waals surface area contributed by atoms with Crippen LogP contribution in [-0.4, -0.2) is 22.2 Å². The number of aromatic nitrogens is 2. The third-order valence-corrected chi connectivity index (χ3v) is 2.46. The number of carbonyl (C=O) groups is 1. The van der Waals surface area contributed by atoms with Crippen LogP contribution < -0.4 is 9.67 Å². The number of hydrogen-bond donors (Lipinski definition) is 2. The molecule has 0 aliphatic heterocycles. The monoisotopic (exact) mass is 256 g/mol. The van der Waals surface area contributed by atoms with Gasteiger partial charge in [-0.3, -0.25) is 4.98 Å². The number of aliphatic carboxylic acids is 1. The second-order valence-corrected chi connectivity index (χ2v) is 4.26. The molecule has 0 saturated carbocycles. The average molecular weight is 256 g/mol. The van der Waals surface area contributed by atoms with Gasteiger partial charge < -0.3 is 15.0 Å². The van der Waals surface area contributed by atoms with Crippen molar-refractivity contribution in [3.05, 3.63) is 18.7 Å². The zero-order valence-electron chi connectivity index (χ0n) is 11.3. The number of imidazole rings is 1. The Kier molecular flexibility index (Phi) is 9.96. The summed E-state index contributed by atoms with van der Waals surface area (Å²) in [5.74, 6) is -1.44. The summed E-state index contributed by atoms with van der Waals surface area (Å²) in [5.41, 5.74) is 0. The molecule has 1 heterocycles. The lowest BCUT2D eigenvalue weighted by atomic mass is 10.1. The van der Waals surface area contributed by atoms with E-state index in [2.05, 4.69) is 22.7 Å². The van der Waals surface area contributed by atoms with Crippen molar-refractivity contribution >= 4 is 5.97 Å². The Bertz CT molecular complexity index is 297. The Morgan fingerprint density at radius 3 is 2.44 bits per heavy atom. The van der Waals surface area contributed by atoms with Gasteiger partial charge in [0.15, 0.2) is 0 Å². The van der Waals surface area contributed by atoms with Gasteiger partial charge >= 0.3 is 0 Å². The van der Waals surface area contributed by atoms with Gasteiger partial charge in [-0.25, -0.2) is 4.57 Å². The zero-order chi connectivity index (χ0) is 13.8. The van der Waals surface area contributed by atoms with Gasteiger partial charge in [-0.2, -0.15) is 0 Å². The number of carboxylic acids is 1. The molecule has 5 heteroatoms. The summed E-state index contributed by atoms with van der Waals surface area (Å²) in [6.07, 6.45) is 11.5. The van der Waals surface area contributed by atoms with Gasteiger partial charge in [0, 0.05) is 0 Å². The van der Waals surface area contributed by atoms with Crippen LogP contribution >= 0.6 is 0 Å². The lowest BCUT2D eigenvalue weighted by molar-refractivity contribution is -0.696. The van der Waals surface area contributed by atoms with Crippen LogP contribution in [0.5, 0.6) is 0 Å². The molecular weight excluding hydrogens is 232 g/mol. The van der Waals surface area contributed by atoms with Crippen LogP contribution in [0.4, 0.5) is 0 Å². The first-order chi connectivity index (χ1) is 8.57. The quantitative estimate of drug-likeness (QED) is 0.547. The van der Waals surface area contributed by atoms with E-state index in [1.807, 2.05) is 12.5 Å². The van der Waals surface area contributed by atoms with Crippen molar-refractivity contribution in [3.63, 3.8) is 0 Å². The molecule has 1 atom stereocenters. The van der Waals surface area contributed by atoms with Crippen molar-refractivity contribution in [1.29, 1.82) is 0 Å². The number of unbranched alkanes of at least 4 members (excludes halogenated alkanes) is 4. The van der Waals surface area contributed by atoms with Gasteiger partial charge in [0.25, 0.3) is 0 Å². The number of aliphatic hydroxyl groups is 1. The fraction of sp³-hybridized carbons (Fsp3) is 0.692. The molecule has 5 nitrogen and oxygen atoms in total. The van der Waals surface area contributed by atoms with Crippen molar-refractivity contribution in [2.24, 2.45) is 0 Å². The Hall–Kier alpha value is -1.36. The maximum atomic E-state index is 9.34. The largest absolute Gasteiger partial charge is 0.547 e. The summed E-state index contributed by atoms with van der Waals surface area (Å²) in [5, 5.41) is 17.3. The fourth-order valence-corrected chi connectivity index (χ4v) is 1.36. The maximum Gasteiger partial charge on any atom is 0.241 e. The molecule has 0 aliphatic rings. The molecule has 2 N–H and O–H groups in total. The van der Waals surface area contributed by atoms with E-state index in [1.165, 1.54) is 32.1 Å². The molecule has 1 aromatic rings. The minimum atomic E-state index is -1.44. The van der Waals surface area contributed by atoms with Crippen LogP contribution in [0.25, 0.3) is 0 Å². The van der Waals surface area contributed by atoms with Crippen molar-refractivity contribution in [2.45, 2.75) is 58.6 Å². The Labute approximate surface area is 108 Å². The molecule has 1 rings (SSSR count). The molecule has 0 saturated heterocycles. The molecule has 0 aromatic carbocycles. The summed E-state index contributed by atoms with van der Waals surface area (Å²) in [4.78, 5) is 12.4. The molecule has 0 bridgehead atoms. The van der Waals surface area contributed by atoms with E-state index in [0.717, 1.165) is 13.5 Å². The molecule has 0 fully saturated rings. The topological polar surface area (TPSA) is 80.0 Å². The normalized spacial score (nSPS) is 11.5. The average Bonchev–Trinajstić information content (AvgIpc) is 2.82. The first kappa shape index (κ1) is 16.6. The molecule has 0 unspecified atom stereocenters. The lowest BCUT2D eigenvalue weighted by Crippen LogP contribution is -2.32. The SMILES string of the molecule is CCCCCCC[n+]1cc[nH]c1.C[C@H](O)C(=O)[O-]. The van der Waals surface area contributed by atoms with Crippen LogP contribution in [0.3, 0.4) is 0 Å². The third kappa shape index (κ3) is 9.84. The summed E-state index contributed by atoms with van der Waals surface area (Å²) < 4.78 is 2.20. The molecule has 18 heavy (non-hydrogen) atoms. The summed E-state index contributed by atoms with van der Waals surface area (Å²) in [6, 6.07) is 0. The van der Waals surface area contributed by atoms with Crippen LogP contribution in [-0.2, 0) is 11.3 Å². The fourth-order valence-electron chi connectivity index (χ4n) is 1.36. The predicted octanol–water partition coefficient (Wildman–Crippen LogP) is 0.390. The summed E-state index contributed by atoms with van der Waals surface area (Å²) in [6.45, 7) is 4.55. The number of H-pyrrole nitrogens is 1. The van der Waals surface area contributed by atoms with Gasteiger partial charge in [-0.15, -0.1) is 0 Å². The van der Waals surface area contributed by atoms with Gasteiger partial charge in [0.05, 0.1) is 18.6 Å². The second kappa shape index (κ2) is 10.8. The van der Waals surface area contributed by atoms with Gasteiger partial charge in [-0.05, 0) is 19.8 Å². The van der Waals surface area contributed by atoms with Gasteiger partial charge in [0.1, 0.15) is 12.4 Å². The standard InChI is InChI=1S/C10H18N2.C3H6O3/c1-2-3-4-5-6-8-12-9-7-11-10-12;1-2(4)3(5)6/h7,9-10H,2-6,8H2,1H3;2,4H,1H3,(H,5,6)/t;2-/m.0/s1. The van der Waals surface area contributed by atoms with Crippen molar-refractivity contribution in [3.8, 4) is 0 Å². The minimum Gasteiger partial charge on any atom is -0.547 e. The highest BCUT2D eigenvalue weighted by molar-refractivity contribution is 5.68. The first-order valence-electron chi connectivity index (χ1n) is 6.48. The minimum absolute atomic E-state index is 1.13. The Morgan fingerprint density at radius 2 is 2.00 bits per heavy atom. The molecule has 0 spiro atoms. The highest BCUT2D eigenvalue weighted by Gasteiger charge is 1.95. The number of nitrogens with zero attached hydrogens (tertiary/aromatic N) is 1. The maximum absolute atomic E-state index is 9.34. The molecular formula is C13H24N2O3. The van der Waals surface area contributed by atoms with Crippen molar-refractivity contribution in [1.82, 2.24) is 4.98 Å². The van der Waals surface area contributed by atoms with E-state index in [1.54, 1.807) is 0 Å². The highest BCUT2D eigenvalue weighted by atomic mass is 16.4. The van der Waals surface area contributed by atoms with E-state index in [-0.39, 0.29) is 0 Å². The molecule has 0 aliphatic carbocycles. The molecule has 0 radical (unpaired) electrons. The smallest absolute Gasteiger partial charge is 0.241 e. The van der Waals surface area contributed by atoms with Crippen LogP contribution in [0.1, 0.15) is 46.0 Å². The van der Waals surface area contributed by atoms with E-state index in [4.69, 9.17) is 5.11 Å². The number of hydrogen-bond acceptors (Lipinski definition) is 3. The number of carboxylic acid groups (broad SMARTS) is 1. The number of aromatic amines is 1. The molecule has 0 amide bonds. The Morgan fingerprint density at radius 1 is 1.39 bits per heavy atom. The van der Waals surface area contributed by atoms with Gasteiger partial charge in [0.2, 0.25) is 6.33 Å². The van der Waals surface area contributed by atoms with Crippen LogP contribution in [0.2, 0.25) is 0 Å². The third-order valence-electron chi connectivity index (χ3n) is 2.46. The number of aryl methyl sites for hydroxylation is 1. The van der Waals surface area contributed by atoms with Crippen LogP contribution in [0.15, 0.2) is 18.7 Å². The van der Waals surface area contributed by atoms with Crippen molar-refractivity contribution < 1.29 is 19.6 Å². The first-order valence-corrected chi connectivity index (χ1v) is 6.48. The lowest BCUT2D eigenvalue weighted by Gasteiger charge is -2.00. The van der Waals surface area contributed by atoms with E-state index < -0.39 is 12.1 Å². The molecule has 104 valence electrons. The van der Waals surface area contributed by atoms with E-state index in [9.17, 15) is 9.90 Å². The summed E-state index contributed by atoms with van der Waals surface area (Å²) >= 11 is 0. The zero-order valence-corrected chi connectivity index (χ0v) is 11.3. The van der Waals surface area contributed by atoms with Crippen LogP contribution in [0, 0.1) is 0 Å². The predicted molar refractivity (Wildman–Crippen MR) is 66.4 cm³/mol. The van der Waals surface area contributed by atoms with Gasteiger partial charge in [-0.1, -0.05) is 26.2 Å². The number of rotatable bonds is 7.